The van der Waals surface area contributed by atoms with E-state index in [0.717, 1.165) is 21.7 Å². The van der Waals surface area contributed by atoms with Crippen molar-refractivity contribution < 1.29 is 0 Å². The van der Waals surface area contributed by atoms with E-state index in [2.05, 4.69) is 19.7 Å². The Morgan fingerprint density at radius 1 is 1.06 bits per heavy atom. The minimum atomic E-state index is 0.671. The zero-order valence-electron chi connectivity index (χ0n) is 9.21. The Morgan fingerprint density at radius 2 is 1.94 bits per heavy atom. The summed E-state index contributed by atoms with van der Waals surface area (Å²) in [5, 5.41) is 4.90. The fourth-order valence-corrected chi connectivity index (χ4v) is 2.15. The number of fused-ring (bicyclic) bond motifs is 1. The Bertz CT molecular complexity index is 662. The average molecular weight is 242 g/mol. The highest BCUT2D eigenvalue weighted by molar-refractivity contribution is 7.09. The first-order valence-corrected chi connectivity index (χ1v) is 6.02. The lowest BCUT2D eigenvalue weighted by atomic mass is 10.2. The number of pyridine rings is 1. The molecule has 0 radical (unpaired) electrons. The van der Waals surface area contributed by atoms with Crippen molar-refractivity contribution in [2.45, 2.75) is 0 Å². The van der Waals surface area contributed by atoms with Crippen molar-refractivity contribution in [3.8, 4) is 11.5 Å². The topological polar surface area (TPSA) is 50.7 Å². The molecule has 0 aliphatic rings. The van der Waals surface area contributed by atoms with Crippen molar-refractivity contribution >= 4 is 27.6 Å². The van der Waals surface area contributed by atoms with Gasteiger partial charge in [0.2, 0.25) is 5.13 Å². The highest BCUT2D eigenvalue weighted by Gasteiger charge is 2.07. The maximum absolute atomic E-state index is 4.55. The second-order valence-corrected chi connectivity index (χ2v) is 4.31. The third kappa shape index (κ3) is 1.85. The lowest BCUT2D eigenvalue weighted by Crippen LogP contribution is -1.89. The maximum atomic E-state index is 4.55. The van der Waals surface area contributed by atoms with Gasteiger partial charge in [-0.1, -0.05) is 24.3 Å². The lowest BCUT2D eigenvalue weighted by molar-refractivity contribution is 1.25. The summed E-state index contributed by atoms with van der Waals surface area (Å²) in [7, 11) is 1.83. The SMILES string of the molecule is CNc1nc(-c2ccc3ccccc3n2)ns1. The number of para-hydroxylation sites is 1. The largest absolute Gasteiger partial charge is 0.363 e. The molecule has 0 bridgehead atoms. The molecule has 0 amide bonds. The summed E-state index contributed by atoms with van der Waals surface area (Å²) in [6.45, 7) is 0. The molecule has 3 rings (SSSR count). The molecule has 0 spiro atoms. The van der Waals surface area contributed by atoms with E-state index in [1.807, 2.05) is 43.4 Å². The van der Waals surface area contributed by atoms with E-state index in [1.54, 1.807) is 0 Å². The molecular formula is C12H10N4S. The molecule has 0 aliphatic carbocycles. The fraction of sp³-hybridized carbons (Fsp3) is 0.0833. The maximum Gasteiger partial charge on any atom is 0.202 e. The standard InChI is InChI=1S/C12H10N4S/c1-13-12-15-11(16-17-12)10-7-6-8-4-2-3-5-9(8)14-10/h2-7H,1H3,(H,13,15,16). The molecule has 4 nitrogen and oxygen atoms in total. The van der Waals surface area contributed by atoms with Gasteiger partial charge in [-0.15, -0.1) is 0 Å². The molecule has 0 unspecified atom stereocenters. The van der Waals surface area contributed by atoms with Crippen LogP contribution < -0.4 is 5.32 Å². The zero-order chi connectivity index (χ0) is 11.7. The smallest absolute Gasteiger partial charge is 0.202 e. The number of hydrogen-bond donors (Lipinski definition) is 1. The molecule has 5 heteroatoms. The normalized spacial score (nSPS) is 10.6. The van der Waals surface area contributed by atoms with E-state index >= 15 is 0 Å². The number of aromatic nitrogens is 3. The number of nitrogens with zero attached hydrogens (tertiary/aromatic N) is 3. The van der Waals surface area contributed by atoms with Gasteiger partial charge >= 0.3 is 0 Å². The minimum absolute atomic E-state index is 0.671. The second-order valence-electron chi connectivity index (χ2n) is 3.56. The average Bonchev–Trinajstić information content (AvgIpc) is 2.87. The lowest BCUT2D eigenvalue weighted by Gasteiger charge is -1.98. The molecule has 0 aliphatic heterocycles. The summed E-state index contributed by atoms with van der Waals surface area (Å²) in [6, 6.07) is 12.0. The fourth-order valence-electron chi connectivity index (χ4n) is 1.62. The molecule has 0 fully saturated rings. The molecule has 1 aromatic carbocycles. The van der Waals surface area contributed by atoms with Crippen LogP contribution in [-0.4, -0.2) is 21.4 Å². The van der Waals surface area contributed by atoms with Gasteiger partial charge in [-0.25, -0.2) is 4.98 Å². The molecule has 1 N–H and O–H groups in total. The van der Waals surface area contributed by atoms with Gasteiger partial charge in [-0.05, 0) is 12.1 Å². The summed E-state index contributed by atoms with van der Waals surface area (Å²) in [5.41, 5.74) is 1.77. The highest BCUT2D eigenvalue weighted by atomic mass is 32.1. The van der Waals surface area contributed by atoms with E-state index in [9.17, 15) is 0 Å². The third-order valence-electron chi connectivity index (χ3n) is 2.47. The van der Waals surface area contributed by atoms with Gasteiger partial charge in [0, 0.05) is 24.0 Å². The van der Waals surface area contributed by atoms with E-state index in [-0.39, 0.29) is 0 Å². The minimum Gasteiger partial charge on any atom is -0.363 e. The van der Waals surface area contributed by atoms with Gasteiger partial charge in [0.15, 0.2) is 5.82 Å². The number of nitrogens with one attached hydrogen (secondary N) is 1. The highest BCUT2D eigenvalue weighted by Crippen LogP contribution is 2.21. The molecule has 0 saturated carbocycles. The van der Waals surface area contributed by atoms with Crippen LogP contribution in [0, 0.1) is 0 Å². The van der Waals surface area contributed by atoms with E-state index in [1.165, 1.54) is 11.5 Å². The van der Waals surface area contributed by atoms with Crippen LogP contribution in [0.15, 0.2) is 36.4 Å². The third-order valence-corrected chi connectivity index (χ3v) is 3.20. The van der Waals surface area contributed by atoms with Crippen LogP contribution in [0.3, 0.4) is 0 Å². The molecule has 0 atom stereocenters. The van der Waals surface area contributed by atoms with Crippen LogP contribution >= 0.6 is 11.5 Å². The summed E-state index contributed by atoms with van der Waals surface area (Å²) in [5.74, 6) is 0.671. The van der Waals surface area contributed by atoms with Gasteiger partial charge < -0.3 is 5.32 Å². The Morgan fingerprint density at radius 3 is 2.76 bits per heavy atom. The first kappa shape index (κ1) is 10.2. The Kier molecular flexibility index (Phi) is 2.45. The number of benzene rings is 1. The van der Waals surface area contributed by atoms with Gasteiger partial charge in [-0.3, -0.25) is 0 Å². The second kappa shape index (κ2) is 4.10. The molecule has 17 heavy (non-hydrogen) atoms. The van der Waals surface area contributed by atoms with Gasteiger partial charge in [0.25, 0.3) is 0 Å². The molecule has 3 aromatic rings. The molecule has 2 heterocycles. The van der Waals surface area contributed by atoms with Crippen molar-refractivity contribution in [3.05, 3.63) is 36.4 Å². The Balaban J connectivity index is 2.11. The van der Waals surface area contributed by atoms with Crippen molar-refractivity contribution in [1.29, 1.82) is 0 Å². The number of anilines is 1. The monoisotopic (exact) mass is 242 g/mol. The molecule has 84 valence electrons. The summed E-state index contributed by atoms with van der Waals surface area (Å²) >= 11 is 1.34. The van der Waals surface area contributed by atoms with Crippen LogP contribution in [0.1, 0.15) is 0 Å². The van der Waals surface area contributed by atoms with Gasteiger partial charge in [-0.2, -0.15) is 9.36 Å². The van der Waals surface area contributed by atoms with Gasteiger partial charge in [0.1, 0.15) is 5.69 Å². The summed E-state index contributed by atoms with van der Waals surface area (Å²) in [6.07, 6.45) is 0. The molecular weight excluding hydrogens is 232 g/mol. The Labute approximate surface area is 103 Å². The van der Waals surface area contributed by atoms with Crippen LogP contribution in [0.4, 0.5) is 5.13 Å². The Hall–Kier alpha value is -2.01. The predicted molar refractivity (Wildman–Crippen MR) is 70.2 cm³/mol. The van der Waals surface area contributed by atoms with Crippen LogP contribution in [0.25, 0.3) is 22.4 Å². The van der Waals surface area contributed by atoms with E-state index in [0.29, 0.717) is 5.82 Å². The molecule has 0 saturated heterocycles. The first-order chi connectivity index (χ1) is 8.36. The summed E-state index contributed by atoms with van der Waals surface area (Å²) in [4.78, 5) is 8.89. The van der Waals surface area contributed by atoms with E-state index < -0.39 is 0 Å². The number of hydrogen-bond acceptors (Lipinski definition) is 5. The first-order valence-electron chi connectivity index (χ1n) is 5.24. The van der Waals surface area contributed by atoms with Gasteiger partial charge in [0.05, 0.1) is 5.52 Å². The van der Waals surface area contributed by atoms with Crippen LogP contribution in [0.5, 0.6) is 0 Å². The summed E-state index contributed by atoms with van der Waals surface area (Å²) < 4.78 is 4.27. The van der Waals surface area contributed by atoms with Crippen LogP contribution in [-0.2, 0) is 0 Å². The van der Waals surface area contributed by atoms with Crippen molar-refractivity contribution in [2.24, 2.45) is 0 Å². The molecule has 2 aromatic heterocycles. The quantitative estimate of drug-likeness (QED) is 0.750. The zero-order valence-corrected chi connectivity index (χ0v) is 10.0. The van der Waals surface area contributed by atoms with Crippen molar-refractivity contribution in [2.75, 3.05) is 12.4 Å². The number of rotatable bonds is 2. The van der Waals surface area contributed by atoms with E-state index in [4.69, 9.17) is 0 Å². The van der Waals surface area contributed by atoms with Crippen molar-refractivity contribution in [3.63, 3.8) is 0 Å². The van der Waals surface area contributed by atoms with Crippen LogP contribution in [0.2, 0.25) is 0 Å². The predicted octanol–water partition coefficient (Wildman–Crippen LogP) is 2.80. The van der Waals surface area contributed by atoms with Crippen molar-refractivity contribution in [1.82, 2.24) is 14.3 Å².